The molecule has 1 aromatic carbocycles. The number of hydrogen-bond donors (Lipinski definition) is 3. The van der Waals surface area contributed by atoms with Crippen molar-refractivity contribution in [2.75, 3.05) is 13.6 Å². The molecule has 1 saturated carbocycles. The second kappa shape index (κ2) is 9.52. The Labute approximate surface area is 169 Å². The summed E-state index contributed by atoms with van der Waals surface area (Å²) in [6.07, 6.45) is 4.52. The van der Waals surface area contributed by atoms with Crippen LogP contribution in [0.15, 0.2) is 47.4 Å². The van der Waals surface area contributed by atoms with Crippen molar-refractivity contribution in [2.24, 2.45) is 5.92 Å². The molecule has 1 aliphatic rings. The maximum absolute atomic E-state index is 12.7. The number of aromatic nitrogens is 1. The summed E-state index contributed by atoms with van der Waals surface area (Å²) in [4.78, 5) is 37.6. The number of aliphatic hydroxyl groups excluding tert-OH is 1. The Morgan fingerprint density at radius 3 is 2.45 bits per heavy atom. The molecular weight excluding hydrogens is 370 g/mol. The quantitative estimate of drug-likeness (QED) is 0.688. The third-order valence-corrected chi connectivity index (χ3v) is 5.38. The van der Waals surface area contributed by atoms with Crippen molar-refractivity contribution in [1.29, 1.82) is 0 Å². The Balaban J connectivity index is 1.81. The number of pyridine rings is 1. The summed E-state index contributed by atoms with van der Waals surface area (Å²) in [5, 5.41) is 15.0. The minimum atomic E-state index is -0.521. The number of aliphatic hydroxyl groups is 1. The SMILES string of the molecule is CNC(=O)c1cc(C(=O)NC[C@H]2CC[C@H](O)CC2)cn(Cc2ccccc2)c1=O. The van der Waals surface area contributed by atoms with Gasteiger partial charge in [0.2, 0.25) is 0 Å². The zero-order chi connectivity index (χ0) is 20.8. The van der Waals surface area contributed by atoms with Crippen LogP contribution < -0.4 is 16.2 Å². The molecule has 0 aliphatic heterocycles. The van der Waals surface area contributed by atoms with E-state index in [1.807, 2.05) is 30.3 Å². The van der Waals surface area contributed by atoms with E-state index in [2.05, 4.69) is 10.6 Å². The highest BCUT2D eigenvalue weighted by atomic mass is 16.3. The molecule has 2 amide bonds. The standard InChI is InChI=1S/C22H27N3O4/c1-23-21(28)19-11-17(20(27)24-12-15-7-9-18(26)10-8-15)14-25(22(19)29)13-16-5-3-2-4-6-16/h2-6,11,14-15,18,26H,7-10,12-13H2,1H3,(H,23,28)(H,24,27)/t15-,18-. The largest absolute Gasteiger partial charge is 0.393 e. The molecule has 0 saturated heterocycles. The molecule has 1 aromatic heterocycles. The number of rotatable bonds is 6. The summed E-state index contributed by atoms with van der Waals surface area (Å²) < 4.78 is 1.39. The maximum atomic E-state index is 12.7. The third-order valence-electron chi connectivity index (χ3n) is 5.38. The lowest BCUT2D eigenvalue weighted by molar-refractivity contribution is 0.0909. The number of carbonyl (C=O) groups excluding carboxylic acids is 2. The normalized spacial score (nSPS) is 18.8. The molecule has 0 unspecified atom stereocenters. The molecule has 154 valence electrons. The van der Waals surface area contributed by atoms with E-state index in [0.29, 0.717) is 12.5 Å². The first-order valence-electron chi connectivity index (χ1n) is 9.94. The van der Waals surface area contributed by atoms with Crippen LogP contribution in [-0.2, 0) is 6.54 Å². The molecule has 7 nitrogen and oxygen atoms in total. The van der Waals surface area contributed by atoms with Crippen LogP contribution in [0.2, 0.25) is 0 Å². The van der Waals surface area contributed by atoms with Crippen molar-refractivity contribution in [3.63, 3.8) is 0 Å². The fraction of sp³-hybridized carbons (Fsp3) is 0.409. The Morgan fingerprint density at radius 1 is 1.10 bits per heavy atom. The van der Waals surface area contributed by atoms with E-state index in [1.165, 1.54) is 23.9 Å². The number of nitrogens with one attached hydrogen (secondary N) is 2. The van der Waals surface area contributed by atoms with E-state index in [0.717, 1.165) is 31.2 Å². The number of amides is 2. The van der Waals surface area contributed by atoms with Gasteiger partial charge in [0.05, 0.1) is 18.2 Å². The van der Waals surface area contributed by atoms with E-state index in [4.69, 9.17) is 0 Å². The van der Waals surface area contributed by atoms with Gasteiger partial charge < -0.3 is 20.3 Å². The molecule has 0 atom stereocenters. The van der Waals surface area contributed by atoms with Crippen molar-refractivity contribution in [1.82, 2.24) is 15.2 Å². The molecule has 3 rings (SSSR count). The molecule has 2 aromatic rings. The fourth-order valence-corrected chi connectivity index (χ4v) is 3.64. The van der Waals surface area contributed by atoms with Gasteiger partial charge in [-0.15, -0.1) is 0 Å². The van der Waals surface area contributed by atoms with Gasteiger partial charge in [0.15, 0.2) is 0 Å². The van der Waals surface area contributed by atoms with Crippen LogP contribution in [0.5, 0.6) is 0 Å². The van der Waals surface area contributed by atoms with Crippen LogP contribution >= 0.6 is 0 Å². The predicted octanol–water partition coefficient (Wildman–Crippen LogP) is 1.54. The molecule has 1 fully saturated rings. The van der Waals surface area contributed by atoms with Crippen molar-refractivity contribution in [2.45, 2.75) is 38.3 Å². The summed E-state index contributed by atoms with van der Waals surface area (Å²) >= 11 is 0. The Hall–Kier alpha value is -2.93. The Morgan fingerprint density at radius 2 is 1.79 bits per heavy atom. The minimum Gasteiger partial charge on any atom is -0.393 e. The lowest BCUT2D eigenvalue weighted by Crippen LogP contribution is -2.35. The smallest absolute Gasteiger partial charge is 0.263 e. The summed E-state index contributed by atoms with van der Waals surface area (Å²) in [6.45, 7) is 0.782. The summed E-state index contributed by atoms with van der Waals surface area (Å²) in [6, 6.07) is 10.8. The minimum absolute atomic E-state index is 0.0585. The van der Waals surface area contributed by atoms with Crippen LogP contribution in [0.3, 0.4) is 0 Å². The van der Waals surface area contributed by atoms with E-state index in [1.54, 1.807) is 0 Å². The highest BCUT2D eigenvalue weighted by molar-refractivity contribution is 5.99. The van der Waals surface area contributed by atoms with Crippen molar-refractivity contribution < 1.29 is 14.7 Å². The topological polar surface area (TPSA) is 100 Å². The van der Waals surface area contributed by atoms with Crippen molar-refractivity contribution in [3.05, 3.63) is 69.6 Å². The van der Waals surface area contributed by atoms with Crippen LogP contribution in [0, 0.1) is 5.92 Å². The molecule has 0 radical (unpaired) electrons. The molecule has 7 heteroatoms. The monoisotopic (exact) mass is 397 g/mol. The van der Waals surface area contributed by atoms with Gasteiger partial charge >= 0.3 is 0 Å². The lowest BCUT2D eigenvalue weighted by atomic mass is 9.87. The molecule has 29 heavy (non-hydrogen) atoms. The second-order valence-electron chi connectivity index (χ2n) is 7.52. The van der Waals surface area contributed by atoms with Gasteiger partial charge in [-0.25, -0.2) is 0 Å². The van der Waals surface area contributed by atoms with Crippen LogP contribution in [0.4, 0.5) is 0 Å². The first-order valence-corrected chi connectivity index (χ1v) is 9.94. The first kappa shape index (κ1) is 20.8. The van der Waals surface area contributed by atoms with Gasteiger partial charge in [-0.05, 0) is 43.2 Å². The average molecular weight is 397 g/mol. The lowest BCUT2D eigenvalue weighted by Gasteiger charge is -2.25. The fourth-order valence-electron chi connectivity index (χ4n) is 3.64. The summed E-state index contributed by atoms with van der Waals surface area (Å²) in [5.74, 6) is -0.508. The second-order valence-corrected chi connectivity index (χ2v) is 7.52. The highest BCUT2D eigenvalue weighted by Gasteiger charge is 2.21. The van der Waals surface area contributed by atoms with Crippen LogP contribution in [0.1, 0.15) is 52.0 Å². The van der Waals surface area contributed by atoms with E-state index in [-0.39, 0.29) is 29.7 Å². The van der Waals surface area contributed by atoms with Gasteiger partial charge in [0, 0.05) is 19.8 Å². The zero-order valence-electron chi connectivity index (χ0n) is 16.6. The molecule has 1 heterocycles. The maximum Gasteiger partial charge on any atom is 0.263 e. The molecule has 0 spiro atoms. The number of carbonyl (C=O) groups is 2. The summed E-state index contributed by atoms with van der Waals surface area (Å²) in [7, 11) is 1.45. The molecule has 3 N–H and O–H groups in total. The zero-order valence-corrected chi connectivity index (χ0v) is 16.6. The van der Waals surface area contributed by atoms with Gasteiger partial charge in [-0.1, -0.05) is 30.3 Å². The van der Waals surface area contributed by atoms with Crippen molar-refractivity contribution in [3.8, 4) is 0 Å². The Kier molecular flexibility index (Phi) is 6.82. The van der Waals surface area contributed by atoms with Gasteiger partial charge in [-0.3, -0.25) is 14.4 Å². The highest BCUT2D eigenvalue weighted by Crippen LogP contribution is 2.23. The average Bonchev–Trinajstić information content (AvgIpc) is 2.74. The van der Waals surface area contributed by atoms with E-state index < -0.39 is 11.5 Å². The third kappa shape index (κ3) is 5.32. The van der Waals surface area contributed by atoms with Gasteiger partial charge in [0.1, 0.15) is 5.56 Å². The first-order chi connectivity index (χ1) is 14.0. The van der Waals surface area contributed by atoms with E-state index in [9.17, 15) is 19.5 Å². The predicted molar refractivity (Wildman–Crippen MR) is 110 cm³/mol. The Bertz CT molecular complexity index is 915. The van der Waals surface area contributed by atoms with Gasteiger partial charge in [0.25, 0.3) is 17.4 Å². The molecular formula is C22H27N3O4. The number of nitrogens with zero attached hydrogens (tertiary/aromatic N) is 1. The summed E-state index contributed by atoms with van der Waals surface area (Å²) in [5.41, 5.74) is 0.675. The van der Waals surface area contributed by atoms with Gasteiger partial charge in [-0.2, -0.15) is 0 Å². The van der Waals surface area contributed by atoms with E-state index >= 15 is 0 Å². The molecule has 1 aliphatic carbocycles. The van der Waals surface area contributed by atoms with Crippen molar-refractivity contribution >= 4 is 11.8 Å². The number of benzene rings is 1. The van der Waals surface area contributed by atoms with Crippen LogP contribution in [0.25, 0.3) is 0 Å². The van der Waals surface area contributed by atoms with Crippen LogP contribution in [-0.4, -0.2) is 41.2 Å². The number of hydrogen-bond acceptors (Lipinski definition) is 4. The molecule has 0 bridgehead atoms.